The van der Waals surface area contributed by atoms with Gasteiger partial charge in [0.15, 0.2) is 11.5 Å². The van der Waals surface area contributed by atoms with E-state index in [1.807, 2.05) is 62.4 Å². The summed E-state index contributed by atoms with van der Waals surface area (Å²) in [7, 11) is 1.63. The van der Waals surface area contributed by atoms with Crippen LogP contribution in [0.5, 0.6) is 11.5 Å². The summed E-state index contributed by atoms with van der Waals surface area (Å²) < 4.78 is 11.4. The number of hydrogen-bond donors (Lipinski definition) is 2. The topological polar surface area (TPSA) is 59.6 Å². The van der Waals surface area contributed by atoms with Crippen molar-refractivity contribution in [1.82, 2.24) is 10.6 Å². The minimum Gasteiger partial charge on any atom is -0.493 e. The van der Waals surface area contributed by atoms with E-state index in [0.717, 1.165) is 24.2 Å². The molecule has 0 radical (unpaired) electrons. The highest BCUT2D eigenvalue weighted by Gasteiger charge is 2.29. The van der Waals surface area contributed by atoms with Gasteiger partial charge in [-0.05, 0) is 49.2 Å². The molecule has 0 spiro atoms. The van der Waals surface area contributed by atoms with Gasteiger partial charge in [-0.2, -0.15) is 0 Å². The van der Waals surface area contributed by atoms with Crippen LogP contribution in [0, 0.1) is 11.8 Å². The first-order valence-electron chi connectivity index (χ1n) is 9.44. The van der Waals surface area contributed by atoms with E-state index in [1.54, 1.807) is 7.11 Å². The summed E-state index contributed by atoms with van der Waals surface area (Å²) in [4.78, 5) is 12.4. The van der Waals surface area contributed by atoms with Crippen LogP contribution in [0.1, 0.15) is 31.0 Å². The number of nitrogens with one attached hydrogen (secondary N) is 2. The molecule has 5 nitrogen and oxygen atoms in total. The van der Waals surface area contributed by atoms with Gasteiger partial charge in [0, 0.05) is 5.92 Å². The SMILES string of the molecule is COc1cc(C(C)NC(=O)C(C)C2CNC2)ccc1OCc1ccccc1.Cl. The van der Waals surface area contributed by atoms with Crippen molar-refractivity contribution >= 4 is 18.3 Å². The molecule has 2 unspecified atom stereocenters. The fourth-order valence-corrected chi connectivity index (χ4v) is 3.11. The summed E-state index contributed by atoms with van der Waals surface area (Å²) in [5.41, 5.74) is 2.09. The normalized spacial score (nSPS) is 15.5. The molecule has 0 aliphatic carbocycles. The Kier molecular flexibility index (Phi) is 8.15. The number of halogens is 1. The molecule has 1 aliphatic rings. The minimum atomic E-state index is -0.0925. The van der Waals surface area contributed by atoms with Crippen LogP contribution in [0.3, 0.4) is 0 Å². The molecule has 6 heteroatoms. The fraction of sp³-hybridized carbons (Fsp3) is 0.409. The number of benzene rings is 2. The van der Waals surface area contributed by atoms with Crippen molar-refractivity contribution < 1.29 is 14.3 Å². The van der Waals surface area contributed by atoms with Crippen LogP contribution in [-0.2, 0) is 11.4 Å². The Morgan fingerprint density at radius 2 is 1.86 bits per heavy atom. The van der Waals surface area contributed by atoms with Crippen molar-refractivity contribution in [2.24, 2.45) is 11.8 Å². The van der Waals surface area contributed by atoms with Gasteiger partial charge < -0.3 is 20.1 Å². The number of rotatable bonds is 8. The van der Waals surface area contributed by atoms with Gasteiger partial charge in [-0.1, -0.05) is 43.3 Å². The summed E-state index contributed by atoms with van der Waals surface area (Å²) in [6.07, 6.45) is 0. The van der Waals surface area contributed by atoms with Crippen molar-refractivity contribution in [3.8, 4) is 11.5 Å². The molecule has 0 saturated carbocycles. The van der Waals surface area contributed by atoms with Gasteiger partial charge >= 0.3 is 0 Å². The zero-order valence-corrected chi connectivity index (χ0v) is 17.4. The summed E-state index contributed by atoms with van der Waals surface area (Å²) in [6.45, 7) is 6.31. The van der Waals surface area contributed by atoms with Crippen molar-refractivity contribution in [1.29, 1.82) is 0 Å². The van der Waals surface area contributed by atoms with E-state index in [2.05, 4.69) is 10.6 Å². The van der Waals surface area contributed by atoms with Crippen LogP contribution in [-0.4, -0.2) is 26.1 Å². The molecule has 2 aromatic rings. The Labute approximate surface area is 173 Å². The van der Waals surface area contributed by atoms with Crippen LogP contribution >= 0.6 is 12.4 Å². The zero-order chi connectivity index (χ0) is 19.2. The molecule has 1 amide bonds. The van der Waals surface area contributed by atoms with Gasteiger partial charge in [0.2, 0.25) is 5.91 Å². The zero-order valence-electron chi connectivity index (χ0n) is 16.6. The lowest BCUT2D eigenvalue weighted by atomic mass is 9.88. The monoisotopic (exact) mass is 404 g/mol. The van der Waals surface area contributed by atoms with Gasteiger partial charge in [-0.3, -0.25) is 4.79 Å². The highest BCUT2D eigenvalue weighted by Crippen LogP contribution is 2.31. The molecular weight excluding hydrogens is 376 g/mol. The van der Waals surface area contributed by atoms with Crippen molar-refractivity contribution in [2.75, 3.05) is 20.2 Å². The molecule has 1 saturated heterocycles. The summed E-state index contributed by atoms with van der Waals surface area (Å²) in [6, 6.07) is 15.7. The van der Waals surface area contributed by atoms with E-state index in [9.17, 15) is 4.79 Å². The lowest BCUT2D eigenvalue weighted by molar-refractivity contribution is -0.127. The molecule has 1 heterocycles. The minimum absolute atomic E-state index is 0. The third-order valence-electron chi connectivity index (χ3n) is 5.22. The molecule has 0 aromatic heterocycles. The van der Waals surface area contributed by atoms with Crippen LogP contribution in [0.25, 0.3) is 0 Å². The summed E-state index contributed by atoms with van der Waals surface area (Å²) in [5, 5.41) is 6.33. The van der Waals surface area contributed by atoms with Crippen LogP contribution < -0.4 is 20.1 Å². The quantitative estimate of drug-likeness (QED) is 0.703. The average molecular weight is 405 g/mol. The number of ether oxygens (including phenoxy) is 2. The van der Waals surface area contributed by atoms with Gasteiger partial charge in [0.1, 0.15) is 6.61 Å². The Bertz CT molecular complexity index is 766. The predicted molar refractivity (Wildman–Crippen MR) is 113 cm³/mol. The molecule has 28 heavy (non-hydrogen) atoms. The summed E-state index contributed by atoms with van der Waals surface area (Å²) >= 11 is 0. The molecule has 152 valence electrons. The number of amides is 1. The lowest BCUT2D eigenvalue weighted by Gasteiger charge is -2.32. The second kappa shape index (κ2) is 10.3. The highest BCUT2D eigenvalue weighted by atomic mass is 35.5. The third kappa shape index (κ3) is 5.40. The first-order chi connectivity index (χ1) is 13.1. The second-order valence-corrected chi connectivity index (χ2v) is 7.12. The average Bonchev–Trinajstić information content (AvgIpc) is 2.65. The highest BCUT2D eigenvalue weighted by molar-refractivity contribution is 5.85. The van der Waals surface area contributed by atoms with E-state index in [-0.39, 0.29) is 30.3 Å². The first-order valence-corrected chi connectivity index (χ1v) is 9.44. The van der Waals surface area contributed by atoms with E-state index < -0.39 is 0 Å². The first kappa shape index (κ1) is 22.1. The van der Waals surface area contributed by atoms with Crippen molar-refractivity contribution in [3.63, 3.8) is 0 Å². The molecule has 2 atom stereocenters. The van der Waals surface area contributed by atoms with E-state index in [0.29, 0.717) is 24.0 Å². The molecule has 1 fully saturated rings. The van der Waals surface area contributed by atoms with E-state index >= 15 is 0 Å². The molecule has 2 aromatic carbocycles. The van der Waals surface area contributed by atoms with Gasteiger partial charge in [-0.15, -0.1) is 12.4 Å². The van der Waals surface area contributed by atoms with Gasteiger partial charge in [0.25, 0.3) is 0 Å². The van der Waals surface area contributed by atoms with Gasteiger partial charge in [0.05, 0.1) is 13.2 Å². The Morgan fingerprint density at radius 3 is 2.46 bits per heavy atom. The van der Waals surface area contributed by atoms with Crippen LogP contribution in [0.4, 0.5) is 0 Å². The fourth-order valence-electron chi connectivity index (χ4n) is 3.11. The summed E-state index contributed by atoms with van der Waals surface area (Å²) in [5.74, 6) is 1.90. The second-order valence-electron chi connectivity index (χ2n) is 7.12. The van der Waals surface area contributed by atoms with Crippen LogP contribution in [0.15, 0.2) is 48.5 Å². The maximum absolute atomic E-state index is 12.4. The molecule has 0 bridgehead atoms. The number of methoxy groups -OCH3 is 1. The number of hydrogen-bond acceptors (Lipinski definition) is 4. The van der Waals surface area contributed by atoms with Crippen molar-refractivity contribution in [3.05, 3.63) is 59.7 Å². The molecular formula is C22H29ClN2O3. The maximum Gasteiger partial charge on any atom is 0.223 e. The maximum atomic E-state index is 12.4. The van der Waals surface area contributed by atoms with Crippen LogP contribution in [0.2, 0.25) is 0 Å². The third-order valence-corrected chi connectivity index (χ3v) is 5.22. The Hall–Kier alpha value is -2.24. The van der Waals surface area contributed by atoms with E-state index in [4.69, 9.17) is 9.47 Å². The Morgan fingerprint density at radius 1 is 1.14 bits per heavy atom. The largest absolute Gasteiger partial charge is 0.493 e. The number of carbonyl (C=O) groups is 1. The molecule has 1 aliphatic heterocycles. The number of carbonyl (C=O) groups excluding carboxylic acids is 1. The Balaban J connectivity index is 0.00000280. The van der Waals surface area contributed by atoms with Crippen molar-refractivity contribution in [2.45, 2.75) is 26.5 Å². The van der Waals surface area contributed by atoms with E-state index in [1.165, 1.54) is 0 Å². The van der Waals surface area contributed by atoms with Gasteiger partial charge in [-0.25, -0.2) is 0 Å². The standard InChI is InChI=1S/C22H28N2O3.ClH/c1-15(19-12-23-13-19)22(25)24-16(2)18-9-10-20(21(11-18)26-3)27-14-17-7-5-4-6-8-17;/h4-11,15-16,19,23H,12-14H2,1-3H3,(H,24,25);1H. The lowest BCUT2D eigenvalue weighted by Crippen LogP contribution is -2.49. The molecule has 2 N–H and O–H groups in total. The predicted octanol–water partition coefficient (Wildman–Crippen LogP) is 3.73. The molecule has 3 rings (SSSR count). The smallest absolute Gasteiger partial charge is 0.223 e.